The number of hydrogen-bond donors (Lipinski definition) is 2. The Bertz CT molecular complexity index is 632. The summed E-state index contributed by atoms with van der Waals surface area (Å²) in [5, 5.41) is 4.53. The average Bonchev–Trinajstić information content (AvgIpc) is 2.39. The molecule has 3 nitrogen and oxygen atoms in total. The first-order chi connectivity index (χ1) is 10.4. The molecule has 0 aliphatic heterocycles. The number of nitrogens with one attached hydrogen (secondary N) is 2. The predicted molar refractivity (Wildman–Crippen MR) is 75.9 cm³/mol. The number of amides is 1. The van der Waals surface area contributed by atoms with Crippen LogP contribution in [0.5, 0.6) is 0 Å². The zero-order chi connectivity index (χ0) is 17.8. The molecule has 0 aliphatic carbocycles. The number of anilines is 1. The number of hydrogen-bond acceptors (Lipinski definition) is 2. The van der Waals surface area contributed by atoms with Crippen LogP contribution in [0.4, 0.5) is 27.6 Å². The van der Waals surface area contributed by atoms with Crippen LogP contribution in [0.1, 0.15) is 30.6 Å². The number of carbonyl (C=O) groups is 1. The second kappa shape index (κ2) is 6.86. The lowest BCUT2D eigenvalue weighted by atomic mass is 10.0. The Kier molecular flexibility index (Phi) is 5.59. The van der Waals surface area contributed by atoms with Crippen LogP contribution in [0.3, 0.4) is 0 Å². The van der Waals surface area contributed by atoms with Gasteiger partial charge in [0.25, 0.3) is 5.91 Å². The van der Waals surface area contributed by atoms with Gasteiger partial charge in [-0.1, -0.05) is 5.92 Å². The summed E-state index contributed by atoms with van der Waals surface area (Å²) in [6.45, 7) is 2.31. The summed E-state index contributed by atoms with van der Waals surface area (Å²) in [5.74, 6) is -0.842. The van der Waals surface area contributed by atoms with Crippen molar-refractivity contribution >= 4 is 11.6 Å². The van der Waals surface area contributed by atoms with Gasteiger partial charge in [-0.3, -0.25) is 4.79 Å². The van der Waals surface area contributed by atoms with Crippen LogP contribution in [0.2, 0.25) is 0 Å². The highest BCUT2D eigenvalue weighted by Gasteiger charge is 2.27. The van der Waals surface area contributed by atoms with Crippen LogP contribution >= 0.6 is 0 Å². The average molecular weight is 334 g/mol. The summed E-state index contributed by atoms with van der Waals surface area (Å²) in [5.41, 5.74) is -2.07. The lowest BCUT2D eigenvalue weighted by molar-refractivity contribution is -0.131. The first-order valence-corrected chi connectivity index (χ1v) is 6.55. The topological polar surface area (TPSA) is 41.1 Å². The molecule has 8 heteroatoms. The number of terminal acetylenes is 1. The highest BCUT2D eigenvalue weighted by molar-refractivity contribution is 6.00. The third-order valence-corrected chi connectivity index (χ3v) is 2.80. The van der Waals surface area contributed by atoms with E-state index in [4.69, 9.17) is 6.42 Å². The van der Waals surface area contributed by atoms with Gasteiger partial charge in [0, 0.05) is 12.6 Å². The zero-order valence-corrected chi connectivity index (χ0v) is 12.4. The van der Waals surface area contributed by atoms with Crippen LogP contribution < -0.4 is 10.6 Å². The molecule has 0 radical (unpaired) electrons. The highest BCUT2D eigenvalue weighted by atomic mass is 19.4. The van der Waals surface area contributed by atoms with Gasteiger partial charge in [-0.05, 0) is 19.9 Å². The largest absolute Gasteiger partial charge is 0.390 e. The minimum absolute atomic E-state index is 0.465. The van der Waals surface area contributed by atoms with Crippen molar-refractivity contribution in [2.24, 2.45) is 0 Å². The molecule has 2 N–H and O–H groups in total. The molecule has 1 aromatic rings. The van der Waals surface area contributed by atoms with E-state index in [0.29, 0.717) is 6.07 Å². The number of benzene rings is 1. The Morgan fingerprint density at radius 3 is 2.39 bits per heavy atom. The van der Waals surface area contributed by atoms with Crippen molar-refractivity contribution in [2.45, 2.75) is 32.0 Å². The molecule has 23 heavy (non-hydrogen) atoms. The van der Waals surface area contributed by atoms with E-state index >= 15 is 0 Å². The standard InChI is InChI=1S/C15H15F5N2O/c1-4-14(2,3)22-13(23)10-7-9(16)8-11(17)12(10)21-6-5-15(18,19)20/h1,7-8,21H,5-6H2,2-3H3,(H,22,23). The molecule has 1 rings (SSSR count). The molecule has 126 valence electrons. The molecular weight excluding hydrogens is 319 g/mol. The van der Waals surface area contributed by atoms with E-state index < -0.39 is 53.5 Å². The Hall–Kier alpha value is -2.30. The number of halogens is 5. The van der Waals surface area contributed by atoms with Gasteiger partial charge in [-0.25, -0.2) is 8.78 Å². The fraction of sp³-hybridized carbons (Fsp3) is 0.400. The summed E-state index contributed by atoms with van der Waals surface area (Å²) in [6.07, 6.45) is -0.477. The van der Waals surface area contributed by atoms with Crippen molar-refractivity contribution in [3.05, 3.63) is 29.3 Å². The molecule has 1 amide bonds. The molecule has 0 saturated carbocycles. The van der Waals surface area contributed by atoms with Crippen molar-refractivity contribution in [1.82, 2.24) is 5.32 Å². The quantitative estimate of drug-likeness (QED) is 0.639. The van der Waals surface area contributed by atoms with Gasteiger partial charge in [0.05, 0.1) is 23.2 Å². The van der Waals surface area contributed by atoms with E-state index in [0.717, 1.165) is 6.07 Å². The third kappa shape index (κ3) is 5.77. The van der Waals surface area contributed by atoms with E-state index in [9.17, 15) is 26.7 Å². The van der Waals surface area contributed by atoms with Gasteiger partial charge in [0.1, 0.15) is 11.6 Å². The zero-order valence-electron chi connectivity index (χ0n) is 12.4. The molecule has 0 heterocycles. The smallest absolute Gasteiger partial charge is 0.382 e. The number of alkyl halides is 3. The second-order valence-electron chi connectivity index (χ2n) is 5.33. The van der Waals surface area contributed by atoms with Crippen molar-refractivity contribution in [1.29, 1.82) is 0 Å². The van der Waals surface area contributed by atoms with E-state index in [1.165, 1.54) is 13.8 Å². The molecule has 0 atom stereocenters. The Labute approximate surface area is 130 Å². The first-order valence-electron chi connectivity index (χ1n) is 6.55. The molecule has 0 bridgehead atoms. The third-order valence-electron chi connectivity index (χ3n) is 2.80. The lowest BCUT2D eigenvalue weighted by Gasteiger charge is -2.21. The minimum Gasteiger partial charge on any atom is -0.382 e. The van der Waals surface area contributed by atoms with E-state index in [1.54, 1.807) is 0 Å². The van der Waals surface area contributed by atoms with Crippen molar-refractivity contribution in [3.63, 3.8) is 0 Å². The lowest BCUT2D eigenvalue weighted by Crippen LogP contribution is -2.42. The molecule has 0 aromatic heterocycles. The summed E-state index contributed by atoms with van der Waals surface area (Å²) < 4.78 is 63.6. The van der Waals surface area contributed by atoms with Gasteiger partial charge in [0.15, 0.2) is 0 Å². The maximum atomic E-state index is 13.8. The van der Waals surface area contributed by atoms with Gasteiger partial charge in [-0.15, -0.1) is 6.42 Å². The molecule has 0 unspecified atom stereocenters. The maximum absolute atomic E-state index is 13.8. The Morgan fingerprint density at radius 2 is 1.87 bits per heavy atom. The molecule has 0 saturated heterocycles. The summed E-state index contributed by atoms with van der Waals surface area (Å²) in [7, 11) is 0. The predicted octanol–water partition coefficient (Wildman–Crippen LogP) is 3.47. The summed E-state index contributed by atoms with van der Waals surface area (Å²) in [6, 6.07) is 1.19. The molecular formula is C15H15F5N2O. The van der Waals surface area contributed by atoms with Crippen LogP contribution in [0.15, 0.2) is 12.1 Å². The van der Waals surface area contributed by atoms with E-state index in [-0.39, 0.29) is 0 Å². The minimum atomic E-state index is -4.45. The maximum Gasteiger partial charge on any atom is 0.390 e. The first kappa shape index (κ1) is 18.7. The van der Waals surface area contributed by atoms with Crippen LogP contribution in [-0.4, -0.2) is 24.2 Å². The van der Waals surface area contributed by atoms with Gasteiger partial charge in [-0.2, -0.15) is 13.2 Å². The second-order valence-corrected chi connectivity index (χ2v) is 5.33. The van der Waals surface area contributed by atoms with E-state index in [1.807, 2.05) is 0 Å². The molecule has 0 fully saturated rings. The van der Waals surface area contributed by atoms with Crippen LogP contribution in [0.25, 0.3) is 0 Å². The molecule has 0 spiro atoms. The Balaban J connectivity index is 3.06. The molecule has 1 aromatic carbocycles. The normalized spacial score (nSPS) is 11.7. The van der Waals surface area contributed by atoms with Crippen LogP contribution in [-0.2, 0) is 0 Å². The number of rotatable bonds is 5. The molecule has 0 aliphatic rings. The fourth-order valence-electron chi connectivity index (χ4n) is 1.65. The summed E-state index contributed by atoms with van der Waals surface area (Å²) in [4.78, 5) is 12.1. The van der Waals surface area contributed by atoms with Crippen molar-refractivity contribution < 1.29 is 26.7 Å². The van der Waals surface area contributed by atoms with Gasteiger partial charge >= 0.3 is 6.18 Å². The fourth-order valence-corrected chi connectivity index (χ4v) is 1.65. The SMILES string of the molecule is C#CC(C)(C)NC(=O)c1cc(F)cc(F)c1NCCC(F)(F)F. The van der Waals surface area contributed by atoms with Gasteiger partial charge < -0.3 is 10.6 Å². The Morgan fingerprint density at radius 1 is 1.26 bits per heavy atom. The summed E-state index contributed by atoms with van der Waals surface area (Å²) >= 11 is 0. The van der Waals surface area contributed by atoms with Crippen molar-refractivity contribution in [2.75, 3.05) is 11.9 Å². The van der Waals surface area contributed by atoms with Crippen LogP contribution in [0, 0.1) is 24.0 Å². The monoisotopic (exact) mass is 334 g/mol. The highest BCUT2D eigenvalue weighted by Crippen LogP contribution is 2.24. The number of carbonyl (C=O) groups excluding carboxylic acids is 1. The van der Waals surface area contributed by atoms with E-state index in [2.05, 4.69) is 16.6 Å². The van der Waals surface area contributed by atoms with Gasteiger partial charge in [0.2, 0.25) is 0 Å². The van der Waals surface area contributed by atoms with Crippen molar-refractivity contribution in [3.8, 4) is 12.3 Å².